The smallest absolute Gasteiger partial charge is 0.328 e. The number of nitrogens with one attached hydrogen (secondary N) is 2. The van der Waals surface area contributed by atoms with Crippen LogP contribution in [0.15, 0.2) is 21.9 Å². The van der Waals surface area contributed by atoms with Gasteiger partial charge in [0.05, 0.1) is 11.6 Å². The summed E-state index contributed by atoms with van der Waals surface area (Å²) in [6, 6.07) is 0.928. The molecule has 16 heavy (non-hydrogen) atoms. The zero-order valence-corrected chi connectivity index (χ0v) is 9.06. The van der Waals surface area contributed by atoms with E-state index >= 15 is 0 Å². The zero-order valence-electron chi connectivity index (χ0n) is 9.06. The molecule has 2 heterocycles. The van der Waals surface area contributed by atoms with Crippen molar-refractivity contribution < 1.29 is 5.11 Å². The molecule has 1 aromatic rings. The minimum atomic E-state index is -0.937. The monoisotopic (exact) mass is 225 g/mol. The van der Waals surface area contributed by atoms with Gasteiger partial charge in [-0.15, -0.1) is 0 Å². The van der Waals surface area contributed by atoms with Gasteiger partial charge >= 0.3 is 5.69 Å². The first-order valence-corrected chi connectivity index (χ1v) is 5.25. The molecule has 0 aromatic carbocycles. The maximum atomic E-state index is 11.6. The fourth-order valence-corrected chi connectivity index (χ4v) is 2.04. The van der Waals surface area contributed by atoms with Gasteiger partial charge in [-0.3, -0.25) is 14.3 Å². The van der Waals surface area contributed by atoms with E-state index in [-0.39, 0.29) is 6.04 Å². The summed E-state index contributed by atoms with van der Waals surface area (Å²) in [6.45, 7) is 2.94. The Hall–Kier alpha value is -1.40. The fraction of sp³-hybridized carbons (Fsp3) is 0.600. The molecule has 0 spiro atoms. The largest absolute Gasteiger partial charge is 0.388 e. The molecule has 3 N–H and O–H groups in total. The molecule has 0 unspecified atom stereocenters. The molecule has 2 rings (SSSR count). The third-order valence-corrected chi connectivity index (χ3v) is 3.05. The van der Waals surface area contributed by atoms with Crippen LogP contribution in [0.1, 0.15) is 19.4 Å². The molecule has 1 saturated heterocycles. The van der Waals surface area contributed by atoms with Crippen LogP contribution in [0.3, 0.4) is 0 Å². The first-order chi connectivity index (χ1) is 7.50. The van der Waals surface area contributed by atoms with Crippen LogP contribution in [0.5, 0.6) is 0 Å². The third kappa shape index (κ3) is 1.94. The molecule has 6 heteroatoms. The highest BCUT2D eigenvalue weighted by atomic mass is 16.3. The number of aliphatic hydroxyl groups is 1. The molecular formula is C10H15N3O3. The lowest BCUT2D eigenvalue weighted by Crippen LogP contribution is -2.52. The Bertz CT molecular complexity index is 489. The Morgan fingerprint density at radius 3 is 2.94 bits per heavy atom. The summed E-state index contributed by atoms with van der Waals surface area (Å²) in [7, 11) is 0. The average molecular weight is 225 g/mol. The van der Waals surface area contributed by atoms with Gasteiger partial charge in [0, 0.05) is 18.8 Å². The summed E-state index contributed by atoms with van der Waals surface area (Å²) in [5, 5.41) is 13.3. The van der Waals surface area contributed by atoms with Gasteiger partial charge in [0.25, 0.3) is 5.56 Å². The predicted octanol–water partition coefficient (Wildman–Crippen LogP) is -1.18. The molecular weight excluding hydrogens is 210 g/mol. The molecule has 1 aliphatic heterocycles. The Morgan fingerprint density at radius 1 is 1.56 bits per heavy atom. The Kier molecular flexibility index (Phi) is 2.69. The molecule has 1 aliphatic rings. The molecule has 0 aliphatic carbocycles. The lowest BCUT2D eigenvalue weighted by Gasteiger charge is -2.38. The van der Waals surface area contributed by atoms with E-state index in [0.717, 1.165) is 6.54 Å². The van der Waals surface area contributed by atoms with Gasteiger partial charge in [-0.1, -0.05) is 0 Å². The van der Waals surface area contributed by atoms with Gasteiger partial charge in [-0.25, -0.2) is 4.79 Å². The second-order valence-electron chi connectivity index (χ2n) is 4.34. The topological polar surface area (TPSA) is 87.1 Å². The summed E-state index contributed by atoms with van der Waals surface area (Å²) < 4.78 is 1.37. The van der Waals surface area contributed by atoms with Crippen molar-refractivity contribution in [3.8, 4) is 0 Å². The van der Waals surface area contributed by atoms with Crippen molar-refractivity contribution in [3.63, 3.8) is 0 Å². The van der Waals surface area contributed by atoms with E-state index in [1.807, 2.05) is 0 Å². The predicted molar refractivity (Wildman–Crippen MR) is 58.5 cm³/mol. The number of aromatic amines is 1. The Morgan fingerprint density at radius 2 is 2.31 bits per heavy atom. The van der Waals surface area contributed by atoms with E-state index in [4.69, 9.17) is 0 Å². The quantitative estimate of drug-likeness (QED) is 0.561. The van der Waals surface area contributed by atoms with Crippen molar-refractivity contribution in [2.45, 2.75) is 25.0 Å². The minimum absolute atomic E-state index is 0.356. The van der Waals surface area contributed by atoms with E-state index in [1.54, 1.807) is 6.92 Å². The van der Waals surface area contributed by atoms with E-state index in [1.165, 1.54) is 16.8 Å². The molecule has 1 fully saturated rings. The molecule has 1 aromatic heterocycles. The summed E-state index contributed by atoms with van der Waals surface area (Å²) >= 11 is 0. The van der Waals surface area contributed by atoms with Crippen LogP contribution in [0.2, 0.25) is 0 Å². The van der Waals surface area contributed by atoms with E-state index < -0.39 is 16.9 Å². The highest BCUT2D eigenvalue weighted by Crippen LogP contribution is 2.26. The van der Waals surface area contributed by atoms with Crippen molar-refractivity contribution in [1.82, 2.24) is 14.9 Å². The SMILES string of the molecule is C[C@@]1(O)CCNC[C@H]1n1ccc(=O)[nH]c1=O. The van der Waals surface area contributed by atoms with Crippen LogP contribution < -0.4 is 16.6 Å². The minimum Gasteiger partial charge on any atom is -0.388 e. The highest BCUT2D eigenvalue weighted by molar-refractivity contribution is 4.96. The van der Waals surface area contributed by atoms with Crippen LogP contribution >= 0.6 is 0 Å². The normalized spacial score (nSPS) is 30.2. The number of aromatic nitrogens is 2. The van der Waals surface area contributed by atoms with Crippen LogP contribution in [-0.2, 0) is 0 Å². The number of nitrogens with zero attached hydrogens (tertiary/aromatic N) is 1. The van der Waals surface area contributed by atoms with Crippen LogP contribution in [0.25, 0.3) is 0 Å². The summed E-state index contributed by atoms with van der Waals surface area (Å²) in [6.07, 6.45) is 2.00. The first kappa shape index (κ1) is 11.1. The van der Waals surface area contributed by atoms with E-state index in [2.05, 4.69) is 10.3 Å². The Balaban J connectivity index is 2.43. The molecule has 0 amide bonds. The molecule has 0 radical (unpaired) electrons. The van der Waals surface area contributed by atoms with Gasteiger partial charge in [-0.2, -0.15) is 0 Å². The van der Waals surface area contributed by atoms with Crippen molar-refractivity contribution in [3.05, 3.63) is 33.1 Å². The van der Waals surface area contributed by atoms with Gasteiger partial charge in [0.1, 0.15) is 0 Å². The molecule has 0 bridgehead atoms. The van der Waals surface area contributed by atoms with Crippen molar-refractivity contribution >= 4 is 0 Å². The van der Waals surface area contributed by atoms with Gasteiger partial charge in [-0.05, 0) is 19.9 Å². The van der Waals surface area contributed by atoms with Crippen LogP contribution in [0, 0.1) is 0 Å². The number of piperidine rings is 1. The van der Waals surface area contributed by atoms with E-state index in [9.17, 15) is 14.7 Å². The van der Waals surface area contributed by atoms with Gasteiger partial charge in [0.15, 0.2) is 0 Å². The van der Waals surface area contributed by atoms with Crippen molar-refractivity contribution in [2.75, 3.05) is 13.1 Å². The van der Waals surface area contributed by atoms with Crippen molar-refractivity contribution in [1.29, 1.82) is 0 Å². The van der Waals surface area contributed by atoms with Gasteiger partial charge in [0.2, 0.25) is 0 Å². The zero-order chi connectivity index (χ0) is 11.8. The lowest BCUT2D eigenvalue weighted by molar-refractivity contribution is -0.0188. The van der Waals surface area contributed by atoms with E-state index in [0.29, 0.717) is 13.0 Å². The third-order valence-electron chi connectivity index (χ3n) is 3.05. The molecule has 88 valence electrons. The fourth-order valence-electron chi connectivity index (χ4n) is 2.04. The Labute approximate surface area is 91.9 Å². The van der Waals surface area contributed by atoms with Gasteiger partial charge < -0.3 is 10.4 Å². The maximum Gasteiger partial charge on any atom is 0.328 e. The number of rotatable bonds is 1. The summed E-state index contributed by atoms with van der Waals surface area (Å²) in [5.41, 5.74) is -1.85. The number of hydrogen-bond donors (Lipinski definition) is 3. The lowest BCUT2D eigenvalue weighted by atomic mass is 9.89. The maximum absolute atomic E-state index is 11.6. The van der Waals surface area contributed by atoms with Crippen LogP contribution in [-0.4, -0.2) is 33.3 Å². The average Bonchev–Trinajstić information content (AvgIpc) is 2.19. The molecule has 2 atom stereocenters. The second kappa shape index (κ2) is 3.88. The number of hydrogen-bond acceptors (Lipinski definition) is 4. The molecule has 6 nitrogen and oxygen atoms in total. The molecule has 0 saturated carbocycles. The van der Waals surface area contributed by atoms with Crippen molar-refractivity contribution in [2.24, 2.45) is 0 Å². The highest BCUT2D eigenvalue weighted by Gasteiger charge is 2.36. The number of H-pyrrole nitrogens is 1. The summed E-state index contributed by atoms with van der Waals surface area (Å²) in [4.78, 5) is 24.7. The second-order valence-corrected chi connectivity index (χ2v) is 4.34. The first-order valence-electron chi connectivity index (χ1n) is 5.25. The summed E-state index contributed by atoms with van der Waals surface area (Å²) in [5.74, 6) is 0. The standard InChI is InChI=1S/C10H15N3O3/c1-10(16)3-4-11-6-7(10)13-5-2-8(14)12-9(13)15/h2,5,7,11,16H,3-4,6H2,1H3,(H,12,14,15)/t7-,10-/m1/s1. The van der Waals surface area contributed by atoms with Crippen LogP contribution in [0.4, 0.5) is 0 Å².